The molecule has 33 heavy (non-hydrogen) atoms. The summed E-state index contributed by atoms with van der Waals surface area (Å²) in [6.07, 6.45) is 3.50. The number of amides is 1. The Morgan fingerprint density at radius 1 is 1.21 bits per heavy atom. The number of ether oxygens (including phenoxy) is 1. The molecule has 1 aromatic carbocycles. The highest BCUT2D eigenvalue weighted by Crippen LogP contribution is 2.37. The molecular formula is C25H35N3O4S. The van der Waals surface area contributed by atoms with Crippen molar-refractivity contribution in [1.29, 1.82) is 0 Å². The predicted octanol–water partition coefficient (Wildman–Crippen LogP) is 5.46. The van der Waals surface area contributed by atoms with Crippen LogP contribution >= 0.6 is 0 Å². The summed E-state index contributed by atoms with van der Waals surface area (Å²) in [6.45, 7) is 11.9. The number of hydrogen-bond acceptors (Lipinski definition) is 5. The van der Waals surface area contributed by atoms with E-state index in [1.54, 1.807) is 33.6 Å². The van der Waals surface area contributed by atoms with Gasteiger partial charge in [0, 0.05) is 18.8 Å². The molecule has 180 valence electrons. The number of nitrogens with zero attached hydrogens (tertiary/aromatic N) is 3. The van der Waals surface area contributed by atoms with E-state index in [1.807, 2.05) is 59.7 Å². The second-order valence-electron chi connectivity index (χ2n) is 9.64. The third-order valence-electron chi connectivity index (χ3n) is 5.86. The highest BCUT2D eigenvalue weighted by molar-refractivity contribution is 7.89. The SMILES string of the molecule is CC[C@H](C)N(C(=O)OC(C)(C)C)c1ccc([C@H]2CCCN2S(=O)(=O)c2ccc(C)cc2)cn1. The van der Waals surface area contributed by atoms with Gasteiger partial charge in [0.2, 0.25) is 10.0 Å². The molecule has 2 aromatic rings. The maximum Gasteiger partial charge on any atom is 0.416 e. The molecule has 8 heteroatoms. The summed E-state index contributed by atoms with van der Waals surface area (Å²) in [7, 11) is -3.61. The summed E-state index contributed by atoms with van der Waals surface area (Å²) in [6, 6.07) is 10.2. The van der Waals surface area contributed by atoms with Gasteiger partial charge in [-0.15, -0.1) is 0 Å². The Morgan fingerprint density at radius 3 is 2.42 bits per heavy atom. The van der Waals surface area contributed by atoms with Gasteiger partial charge in [0.15, 0.2) is 0 Å². The van der Waals surface area contributed by atoms with E-state index in [-0.39, 0.29) is 12.1 Å². The van der Waals surface area contributed by atoms with Gasteiger partial charge in [-0.1, -0.05) is 30.7 Å². The van der Waals surface area contributed by atoms with E-state index >= 15 is 0 Å². The normalized spacial score (nSPS) is 18.2. The Kier molecular flexibility index (Phi) is 7.49. The number of anilines is 1. The molecular weight excluding hydrogens is 438 g/mol. The molecule has 3 rings (SSSR count). The van der Waals surface area contributed by atoms with Gasteiger partial charge in [-0.2, -0.15) is 4.31 Å². The number of aryl methyl sites for hydroxylation is 1. The first kappa shape index (κ1) is 25.2. The third-order valence-corrected chi connectivity index (χ3v) is 7.78. The quantitative estimate of drug-likeness (QED) is 0.557. The van der Waals surface area contributed by atoms with E-state index in [2.05, 4.69) is 4.98 Å². The highest BCUT2D eigenvalue weighted by atomic mass is 32.2. The topological polar surface area (TPSA) is 79.8 Å². The number of benzene rings is 1. The average molecular weight is 474 g/mol. The second-order valence-corrected chi connectivity index (χ2v) is 11.5. The Labute approximate surface area is 197 Å². The van der Waals surface area contributed by atoms with Crippen molar-refractivity contribution in [3.63, 3.8) is 0 Å². The van der Waals surface area contributed by atoms with Crippen molar-refractivity contribution in [3.05, 3.63) is 53.7 Å². The molecule has 2 atom stereocenters. The van der Waals surface area contributed by atoms with Gasteiger partial charge in [0.05, 0.1) is 10.9 Å². The minimum Gasteiger partial charge on any atom is -0.443 e. The van der Waals surface area contributed by atoms with Crippen LogP contribution in [0.3, 0.4) is 0 Å². The molecule has 0 N–H and O–H groups in total. The zero-order valence-corrected chi connectivity index (χ0v) is 21.2. The summed E-state index contributed by atoms with van der Waals surface area (Å²) >= 11 is 0. The van der Waals surface area contributed by atoms with Crippen LogP contribution in [0.2, 0.25) is 0 Å². The maximum absolute atomic E-state index is 13.3. The van der Waals surface area contributed by atoms with Gasteiger partial charge < -0.3 is 4.74 Å². The molecule has 1 aliphatic rings. The summed E-state index contributed by atoms with van der Waals surface area (Å²) < 4.78 is 33.7. The molecule has 0 bridgehead atoms. The summed E-state index contributed by atoms with van der Waals surface area (Å²) in [4.78, 5) is 19.3. The Balaban J connectivity index is 1.87. The predicted molar refractivity (Wildman–Crippen MR) is 130 cm³/mol. The molecule has 7 nitrogen and oxygen atoms in total. The molecule has 1 aliphatic heterocycles. The maximum atomic E-state index is 13.3. The molecule has 1 amide bonds. The van der Waals surface area contributed by atoms with Gasteiger partial charge in [-0.3, -0.25) is 4.90 Å². The van der Waals surface area contributed by atoms with Crippen LogP contribution in [0.5, 0.6) is 0 Å². The lowest BCUT2D eigenvalue weighted by Crippen LogP contribution is -2.42. The van der Waals surface area contributed by atoms with Gasteiger partial charge in [0.25, 0.3) is 0 Å². The zero-order chi connectivity index (χ0) is 24.4. The molecule has 1 saturated heterocycles. The third kappa shape index (κ3) is 5.73. The number of carbonyl (C=O) groups excluding carboxylic acids is 1. The second kappa shape index (κ2) is 9.81. The van der Waals surface area contributed by atoms with Crippen molar-refractivity contribution in [2.75, 3.05) is 11.4 Å². The molecule has 1 aromatic heterocycles. The average Bonchev–Trinajstić information content (AvgIpc) is 3.24. The minimum absolute atomic E-state index is 0.0944. The van der Waals surface area contributed by atoms with Crippen LogP contribution < -0.4 is 4.90 Å². The van der Waals surface area contributed by atoms with Crippen molar-refractivity contribution in [2.45, 2.75) is 83.4 Å². The van der Waals surface area contributed by atoms with Gasteiger partial charge in [0.1, 0.15) is 11.4 Å². The first-order valence-electron chi connectivity index (χ1n) is 11.5. The number of hydrogen-bond donors (Lipinski definition) is 0. The van der Waals surface area contributed by atoms with Crippen molar-refractivity contribution < 1.29 is 17.9 Å². The fourth-order valence-electron chi connectivity index (χ4n) is 3.94. The molecule has 0 unspecified atom stereocenters. The fourth-order valence-corrected chi connectivity index (χ4v) is 5.62. The van der Waals surface area contributed by atoms with Crippen molar-refractivity contribution in [2.24, 2.45) is 0 Å². The van der Waals surface area contributed by atoms with Gasteiger partial charge in [-0.05, 0) is 77.6 Å². The van der Waals surface area contributed by atoms with E-state index in [1.165, 1.54) is 0 Å². The first-order chi connectivity index (χ1) is 15.4. The fraction of sp³-hybridized carbons (Fsp3) is 0.520. The van der Waals surface area contributed by atoms with Crippen molar-refractivity contribution in [1.82, 2.24) is 9.29 Å². The molecule has 0 aliphatic carbocycles. The first-order valence-corrected chi connectivity index (χ1v) is 12.9. The number of sulfonamides is 1. The highest BCUT2D eigenvalue weighted by Gasteiger charge is 2.36. The lowest BCUT2D eigenvalue weighted by atomic mass is 10.1. The summed E-state index contributed by atoms with van der Waals surface area (Å²) in [5.74, 6) is 0.494. The van der Waals surface area contributed by atoms with Crippen molar-refractivity contribution >= 4 is 21.9 Å². The van der Waals surface area contributed by atoms with Gasteiger partial charge in [-0.25, -0.2) is 18.2 Å². The standard InChI is InChI=1S/C25H35N3O4S/c1-7-19(3)28(24(29)32-25(4,5)6)23-15-12-20(17-26-23)22-9-8-16-27(22)33(30,31)21-13-10-18(2)11-14-21/h10-15,17,19,22H,7-9,16H2,1-6H3/t19-,22+/m0/s1. The number of rotatable bonds is 6. The minimum atomic E-state index is -3.61. The largest absolute Gasteiger partial charge is 0.443 e. The lowest BCUT2D eigenvalue weighted by molar-refractivity contribution is 0.0566. The monoisotopic (exact) mass is 473 g/mol. The van der Waals surface area contributed by atoms with Crippen LogP contribution in [-0.2, 0) is 14.8 Å². The Morgan fingerprint density at radius 2 is 1.88 bits per heavy atom. The zero-order valence-electron chi connectivity index (χ0n) is 20.4. The van der Waals surface area contributed by atoms with E-state index in [0.29, 0.717) is 17.3 Å². The molecule has 2 heterocycles. The van der Waals surface area contributed by atoms with E-state index in [4.69, 9.17) is 4.74 Å². The molecule has 1 fully saturated rings. The summed E-state index contributed by atoms with van der Waals surface area (Å²) in [5.41, 5.74) is 1.22. The van der Waals surface area contributed by atoms with Crippen LogP contribution in [0, 0.1) is 6.92 Å². The smallest absolute Gasteiger partial charge is 0.416 e. The number of carbonyl (C=O) groups is 1. The lowest BCUT2D eigenvalue weighted by Gasteiger charge is -2.31. The molecule has 0 saturated carbocycles. The number of pyridine rings is 1. The van der Waals surface area contributed by atoms with Crippen LogP contribution in [0.25, 0.3) is 0 Å². The van der Waals surface area contributed by atoms with Gasteiger partial charge >= 0.3 is 6.09 Å². The molecule has 0 radical (unpaired) electrons. The van der Waals surface area contributed by atoms with Crippen LogP contribution in [-0.4, -0.2) is 42.0 Å². The van der Waals surface area contributed by atoms with E-state index < -0.39 is 21.7 Å². The summed E-state index contributed by atoms with van der Waals surface area (Å²) in [5, 5.41) is 0. The van der Waals surface area contributed by atoms with Crippen LogP contribution in [0.4, 0.5) is 10.6 Å². The van der Waals surface area contributed by atoms with Crippen LogP contribution in [0.15, 0.2) is 47.5 Å². The van der Waals surface area contributed by atoms with Crippen molar-refractivity contribution in [3.8, 4) is 0 Å². The van der Waals surface area contributed by atoms with Crippen LogP contribution in [0.1, 0.15) is 71.0 Å². The Bertz CT molecular complexity index is 1060. The van der Waals surface area contributed by atoms with E-state index in [9.17, 15) is 13.2 Å². The molecule has 0 spiro atoms. The Hall–Kier alpha value is -2.45. The number of aromatic nitrogens is 1. The van der Waals surface area contributed by atoms with E-state index in [0.717, 1.165) is 30.4 Å².